The summed E-state index contributed by atoms with van der Waals surface area (Å²) < 4.78 is 21.4. The summed E-state index contributed by atoms with van der Waals surface area (Å²) in [5, 5.41) is 5.84. The number of hydrogen-bond donors (Lipinski definition) is 2. The highest BCUT2D eigenvalue weighted by Gasteiger charge is 2.24. The number of anilines is 1. The molecule has 0 aliphatic heterocycles. The van der Waals surface area contributed by atoms with Crippen molar-refractivity contribution in [2.75, 3.05) is 26.6 Å². The zero-order chi connectivity index (χ0) is 20.6. The van der Waals surface area contributed by atoms with Crippen molar-refractivity contribution in [1.82, 2.24) is 15.3 Å². The van der Waals surface area contributed by atoms with Crippen LogP contribution in [0.4, 0.5) is 10.5 Å². The lowest BCUT2D eigenvalue weighted by atomic mass is 9.93. The van der Waals surface area contributed by atoms with Crippen LogP contribution in [-0.2, 0) is 0 Å². The fourth-order valence-corrected chi connectivity index (χ4v) is 3.25. The standard InChI is InChI=1S/C20H26N4O5/c1-26-16-9-6-14(10-17(16)27-2)23-20(25)22-13-4-7-15(8-5-13)29-19-12-21-11-18(24-19)28-3/h6,9-13,15H,4-5,7-8H2,1-3H3,(H2,22,23,25). The van der Waals surface area contributed by atoms with Gasteiger partial charge in [0.05, 0.1) is 33.7 Å². The van der Waals surface area contributed by atoms with E-state index in [0.717, 1.165) is 25.7 Å². The summed E-state index contributed by atoms with van der Waals surface area (Å²) in [6.07, 6.45) is 6.43. The second-order valence-corrected chi connectivity index (χ2v) is 6.66. The summed E-state index contributed by atoms with van der Waals surface area (Å²) in [6, 6.07) is 5.07. The number of amides is 2. The van der Waals surface area contributed by atoms with E-state index in [2.05, 4.69) is 20.6 Å². The Bertz CT molecular complexity index is 824. The Morgan fingerprint density at radius 2 is 1.69 bits per heavy atom. The van der Waals surface area contributed by atoms with E-state index in [9.17, 15) is 4.79 Å². The van der Waals surface area contributed by atoms with Gasteiger partial charge in [-0.25, -0.2) is 4.79 Å². The lowest BCUT2D eigenvalue weighted by molar-refractivity contribution is 0.134. The number of benzene rings is 1. The Kier molecular flexibility index (Phi) is 6.94. The fourth-order valence-electron chi connectivity index (χ4n) is 3.25. The van der Waals surface area contributed by atoms with Crippen LogP contribution in [0.2, 0.25) is 0 Å². The summed E-state index contributed by atoms with van der Waals surface area (Å²) >= 11 is 0. The summed E-state index contributed by atoms with van der Waals surface area (Å²) in [5.74, 6) is 2.04. The van der Waals surface area contributed by atoms with Crippen molar-refractivity contribution in [1.29, 1.82) is 0 Å². The van der Waals surface area contributed by atoms with E-state index in [0.29, 0.717) is 28.9 Å². The number of ether oxygens (including phenoxy) is 4. The molecule has 9 nitrogen and oxygen atoms in total. The molecular formula is C20H26N4O5. The van der Waals surface area contributed by atoms with Crippen LogP contribution in [0.15, 0.2) is 30.6 Å². The van der Waals surface area contributed by atoms with Crippen molar-refractivity contribution in [2.24, 2.45) is 0 Å². The molecule has 0 saturated heterocycles. The van der Waals surface area contributed by atoms with Crippen LogP contribution in [0.1, 0.15) is 25.7 Å². The number of hydrogen-bond acceptors (Lipinski definition) is 7. The zero-order valence-corrected chi connectivity index (χ0v) is 16.8. The van der Waals surface area contributed by atoms with Crippen LogP contribution in [0, 0.1) is 0 Å². The summed E-state index contributed by atoms with van der Waals surface area (Å²) in [7, 11) is 4.66. The number of nitrogens with one attached hydrogen (secondary N) is 2. The Morgan fingerprint density at radius 1 is 0.966 bits per heavy atom. The maximum atomic E-state index is 12.3. The van der Waals surface area contributed by atoms with Gasteiger partial charge in [-0.15, -0.1) is 0 Å². The van der Waals surface area contributed by atoms with Crippen LogP contribution in [0.5, 0.6) is 23.3 Å². The molecule has 156 valence electrons. The molecule has 0 bridgehead atoms. The summed E-state index contributed by atoms with van der Waals surface area (Å²) in [5.41, 5.74) is 0.633. The molecule has 1 aromatic carbocycles. The van der Waals surface area contributed by atoms with Gasteiger partial charge in [0.15, 0.2) is 11.5 Å². The first-order chi connectivity index (χ1) is 14.1. The first-order valence-electron chi connectivity index (χ1n) is 9.43. The van der Waals surface area contributed by atoms with Crippen molar-refractivity contribution in [3.63, 3.8) is 0 Å². The second-order valence-electron chi connectivity index (χ2n) is 6.66. The van der Waals surface area contributed by atoms with Gasteiger partial charge in [0.2, 0.25) is 11.8 Å². The largest absolute Gasteiger partial charge is 0.493 e. The molecule has 2 N–H and O–H groups in total. The minimum Gasteiger partial charge on any atom is -0.493 e. The molecular weight excluding hydrogens is 376 g/mol. The minimum absolute atomic E-state index is 0.0448. The molecule has 1 heterocycles. The molecule has 29 heavy (non-hydrogen) atoms. The first-order valence-corrected chi connectivity index (χ1v) is 9.43. The monoisotopic (exact) mass is 402 g/mol. The maximum Gasteiger partial charge on any atom is 0.319 e. The average Bonchev–Trinajstić information content (AvgIpc) is 2.75. The molecule has 1 aromatic heterocycles. The average molecular weight is 402 g/mol. The van der Waals surface area contributed by atoms with Crippen molar-refractivity contribution in [2.45, 2.75) is 37.8 Å². The molecule has 9 heteroatoms. The van der Waals surface area contributed by atoms with Gasteiger partial charge in [-0.2, -0.15) is 4.98 Å². The maximum absolute atomic E-state index is 12.3. The minimum atomic E-state index is -0.250. The van der Waals surface area contributed by atoms with Crippen LogP contribution >= 0.6 is 0 Å². The third-order valence-corrected chi connectivity index (χ3v) is 4.74. The number of rotatable bonds is 7. The van der Waals surface area contributed by atoms with Gasteiger partial charge >= 0.3 is 6.03 Å². The van der Waals surface area contributed by atoms with Crippen molar-refractivity contribution in [3.05, 3.63) is 30.6 Å². The second kappa shape index (κ2) is 9.81. The predicted molar refractivity (Wildman–Crippen MR) is 107 cm³/mol. The molecule has 1 aliphatic rings. The quantitative estimate of drug-likeness (QED) is 0.734. The summed E-state index contributed by atoms with van der Waals surface area (Å²) in [4.78, 5) is 20.6. The Balaban J connectivity index is 1.46. The van der Waals surface area contributed by atoms with E-state index in [1.54, 1.807) is 38.6 Å². The van der Waals surface area contributed by atoms with E-state index >= 15 is 0 Å². The molecule has 1 saturated carbocycles. The molecule has 0 atom stereocenters. The number of methoxy groups -OCH3 is 3. The molecule has 0 radical (unpaired) electrons. The lowest BCUT2D eigenvalue weighted by Crippen LogP contribution is -2.41. The lowest BCUT2D eigenvalue weighted by Gasteiger charge is -2.29. The van der Waals surface area contributed by atoms with Gasteiger partial charge in [0, 0.05) is 17.8 Å². The molecule has 2 aromatic rings. The fraction of sp³-hybridized carbons (Fsp3) is 0.450. The van der Waals surface area contributed by atoms with Gasteiger partial charge in [-0.1, -0.05) is 0 Å². The molecule has 0 spiro atoms. The van der Waals surface area contributed by atoms with Crippen LogP contribution < -0.4 is 29.6 Å². The van der Waals surface area contributed by atoms with Crippen LogP contribution in [0.3, 0.4) is 0 Å². The van der Waals surface area contributed by atoms with Crippen molar-refractivity contribution < 1.29 is 23.7 Å². The van der Waals surface area contributed by atoms with Crippen molar-refractivity contribution >= 4 is 11.7 Å². The van der Waals surface area contributed by atoms with E-state index < -0.39 is 0 Å². The van der Waals surface area contributed by atoms with Crippen LogP contribution in [0.25, 0.3) is 0 Å². The molecule has 1 fully saturated rings. The molecule has 0 unspecified atom stereocenters. The van der Waals surface area contributed by atoms with Gasteiger partial charge in [-0.3, -0.25) is 4.98 Å². The normalized spacial score (nSPS) is 18.4. The van der Waals surface area contributed by atoms with Crippen LogP contribution in [-0.4, -0.2) is 49.5 Å². The highest BCUT2D eigenvalue weighted by Crippen LogP contribution is 2.30. The third-order valence-electron chi connectivity index (χ3n) is 4.74. The highest BCUT2D eigenvalue weighted by molar-refractivity contribution is 5.89. The number of nitrogens with zero attached hydrogens (tertiary/aromatic N) is 2. The zero-order valence-electron chi connectivity index (χ0n) is 16.8. The third kappa shape index (κ3) is 5.63. The topological polar surface area (TPSA) is 104 Å². The smallest absolute Gasteiger partial charge is 0.319 e. The number of urea groups is 1. The Labute approximate surface area is 169 Å². The summed E-state index contributed by atoms with van der Waals surface area (Å²) in [6.45, 7) is 0. The van der Waals surface area contributed by atoms with E-state index in [1.165, 1.54) is 13.3 Å². The first kappa shape index (κ1) is 20.5. The number of aromatic nitrogens is 2. The van der Waals surface area contributed by atoms with E-state index in [1.807, 2.05) is 0 Å². The molecule has 3 rings (SSSR count). The SMILES string of the molecule is COc1cncc(OC2CCC(NC(=O)Nc3ccc(OC)c(OC)c3)CC2)n1. The van der Waals surface area contributed by atoms with Gasteiger partial charge in [-0.05, 0) is 37.8 Å². The highest BCUT2D eigenvalue weighted by atomic mass is 16.5. The van der Waals surface area contributed by atoms with Gasteiger partial charge in [0.25, 0.3) is 0 Å². The Hall–Kier alpha value is -3.23. The van der Waals surface area contributed by atoms with Gasteiger partial charge in [0.1, 0.15) is 6.10 Å². The number of carbonyl (C=O) groups excluding carboxylic acids is 1. The van der Waals surface area contributed by atoms with E-state index in [-0.39, 0.29) is 18.2 Å². The van der Waals surface area contributed by atoms with E-state index in [4.69, 9.17) is 18.9 Å². The Morgan fingerprint density at radius 3 is 2.38 bits per heavy atom. The predicted octanol–water partition coefficient (Wildman–Crippen LogP) is 3.01. The van der Waals surface area contributed by atoms with Crippen molar-refractivity contribution in [3.8, 4) is 23.3 Å². The number of carbonyl (C=O) groups is 1. The molecule has 1 aliphatic carbocycles. The molecule has 2 amide bonds. The van der Waals surface area contributed by atoms with Gasteiger partial charge < -0.3 is 29.6 Å².